The lowest BCUT2D eigenvalue weighted by Gasteiger charge is -2.35. The van der Waals surface area contributed by atoms with Crippen LogP contribution in [-0.2, 0) is 30.3 Å². The molecule has 0 aromatic heterocycles. The summed E-state index contributed by atoms with van der Waals surface area (Å²) < 4.78 is 4.56. The van der Waals surface area contributed by atoms with Crippen LogP contribution in [0.4, 0.5) is 4.79 Å². The van der Waals surface area contributed by atoms with Crippen LogP contribution in [0.2, 0.25) is 0 Å². The van der Waals surface area contributed by atoms with Gasteiger partial charge in [0.15, 0.2) is 6.10 Å². The second kappa shape index (κ2) is 13.8. The maximum absolute atomic E-state index is 13.8. The minimum absolute atomic E-state index is 0.0401. The van der Waals surface area contributed by atoms with Gasteiger partial charge in [0.1, 0.15) is 17.7 Å². The average molecular weight is 608 g/mol. The van der Waals surface area contributed by atoms with Crippen LogP contribution in [0.1, 0.15) is 67.4 Å². The highest BCUT2D eigenvalue weighted by Gasteiger charge is 2.50. The van der Waals surface area contributed by atoms with Crippen molar-refractivity contribution in [3.8, 4) is 0 Å². The number of hydrogen-bond acceptors (Lipinski definition) is 8. The number of nitrogens with one attached hydrogen (secondary N) is 3. The summed E-state index contributed by atoms with van der Waals surface area (Å²) in [6, 6.07) is 5.40. The lowest BCUT2D eigenvalue weighted by atomic mass is 9.96. The van der Waals surface area contributed by atoms with Gasteiger partial charge in [-0.05, 0) is 67.4 Å². The maximum atomic E-state index is 13.8. The van der Waals surface area contributed by atoms with Gasteiger partial charge in [-0.25, -0.2) is 4.79 Å². The van der Waals surface area contributed by atoms with E-state index in [-0.39, 0.29) is 18.2 Å². The predicted octanol–water partition coefficient (Wildman–Crippen LogP) is 1.44. The van der Waals surface area contributed by atoms with Crippen molar-refractivity contribution >= 4 is 41.5 Å². The number of carbonyl (C=O) groups excluding carboxylic acids is 5. The van der Waals surface area contributed by atoms with Crippen LogP contribution in [0.5, 0.6) is 0 Å². The van der Waals surface area contributed by atoms with Crippen LogP contribution in [0.3, 0.4) is 0 Å². The van der Waals surface area contributed by atoms with Crippen LogP contribution < -0.4 is 21.7 Å². The Bertz CT molecular complexity index is 1150. The molecule has 0 saturated carbocycles. The van der Waals surface area contributed by atoms with Crippen molar-refractivity contribution in [1.29, 1.82) is 0 Å². The zero-order valence-corrected chi connectivity index (χ0v) is 26.5. The van der Waals surface area contributed by atoms with Crippen molar-refractivity contribution in [1.82, 2.24) is 20.9 Å². The van der Waals surface area contributed by atoms with E-state index in [0.29, 0.717) is 5.56 Å². The normalized spacial score (nSPS) is 18.8. The fourth-order valence-electron chi connectivity index (χ4n) is 4.45. The molecule has 0 aliphatic carbocycles. The third-order valence-corrected chi connectivity index (χ3v) is 7.62. The van der Waals surface area contributed by atoms with Crippen molar-refractivity contribution in [2.24, 2.45) is 5.73 Å². The number of benzene rings is 1. The largest absolute Gasteiger partial charge is 0.444 e. The van der Waals surface area contributed by atoms with Gasteiger partial charge in [0, 0.05) is 10.3 Å². The molecule has 6 N–H and O–H groups in total. The minimum atomic E-state index is -1.76. The summed E-state index contributed by atoms with van der Waals surface area (Å²) in [6.45, 7) is 14.1. The summed E-state index contributed by atoms with van der Waals surface area (Å²) in [6.07, 6.45) is -3.20. The maximum Gasteiger partial charge on any atom is 0.408 e. The van der Waals surface area contributed by atoms with E-state index in [1.165, 1.54) is 16.7 Å². The third kappa shape index (κ3) is 10.5. The summed E-state index contributed by atoms with van der Waals surface area (Å²) >= 11 is 1.40. The molecule has 1 saturated heterocycles. The summed E-state index contributed by atoms with van der Waals surface area (Å²) in [4.78, 5) is 65.9. The molecule has 0 radical (unpaired) electrons. The predicted molar refractivity (Wildman–Crippen MR) is 160 cm³/mol. The topological polar surface area (TPSA) is 180 Å². The molecule has 13 heteroatoms. The molecule has 1 heterocycles. The Kier molecular flexibility index (Phi) is 11.4. The fraction of sp³-hybridized carbons (Fsp3) is 0.621. The molecule has 1 aliphatic rings. The third-order valence-electron chi connectivity index (χ3n) is 6.25. The number of rotatable bonds is 10. The van der Waals surface area contributed by atoms with Crippen molar-refractivity contribution in [3.63, 3.8) is 0 Å². The Morgan fingerprint density at radius 1 is 1.07 bits per heavy atom. The van der Waals surface area contributed by atoms with E-state index in [2.05, 4.69) is 16.0 Å². The summed E-state index contributed by atoms with van der Waals surface area (Å²) in [5.41, 5.74) is 4.62. The molecule has 1 aromatic rings. The molecule has 1 fully saturated rings. The monoisotopic (exact) mass is 607 g/mol. The van der Waals surface area contributed by atoms with Crippen molar-refractivity contribution in [2.75, 3.05) is 5.88 Å². The lowest BCUT2D eigenvalue weighted by molar-refractivity contribution is -0.148. The number of primary amides is 1. The molecule has 5 amide bonds. The Morgan fingerprint density at radius 2 is 1.67 bits per heavy atom. The fourth-order valence-corrected chi connectivity index (χ4v) is 5.59. The zero-order valence-electron chi connectivity index (χ0n) is 25.6. The smallest absolute Gasteiger partial charge is 0.408 e. The van der Waals surface area contributed by atoms with Crippen molar-refractivity contribution in [2.45, 2.75) is 108 Å². The number of nitrogens with two attached hydrogens (primary N) is 1. The van der Waals surface area contributed by atoms with Gasteiger partial charge in [0.2, 0.25) is 17.7 Å². The van der Waals surface area contributed by atoms with Crippen LogP contribution in [0, 0.1) is 0 Å². The average Bonchev–Trinajstić information content (AvgIpc) is 3.15. The van der Waals surface area contributed by atoms with Crippen LogP contribution >= 0.6 is 11.8 Å². The highest BCUT2D eigenvalue weighted by Crippen LogP contribution is 2.40. The minimum Gasteiger partial charge on any atom is -0.444 e. The molecular weight excluding hydrogens is 562 g/mol. The highest BCUT2D eigenvalue weighted by molar-refractivity contribution is 8.00. The number of amides is 5. The molecular formula is C29H45N5O7S. The van der Waals surface area contributed by atoms with Crippen LogP contribution in [0.25, 0.3) is 0 Å². The number of ether oxygens (including phenoxy) is 1. The number of carbonyl (C=O) groups is 5. The molecule has 12 nitrogen and oxygen atoms in total. The number of aliphatic hydroxyl groups is 1. The van der Waals surface area contributed by atoms with Gasteiger partial charge in [-0.2, -0.15) is 0 Å². The quantitative estimate of drug-likeness (QED) is 0.265. The lowest BCUT2D eigenvalue weighted by Crippen LogP contribution is -2.61. The van der Waals surface area contributed by atoms with Crippen LogP contribution in [-0.4, -0.2) is 85.7 Å². The van der Waals surface area contributed by atoms with Gasteiger partial charge in [-0.15, -0.1) is 11.8 Å². The van der Waals surface area contributed by atoms with Gasteiger partial charge < -0.3 is 36.4 Å². The first-order valence-electron chi connectivity index (χ1n) is 13.8. The van der Waals surface area contributed by atoms with Gasteiger partial charge in [-0.3, -0.25) is 19.2 Å². The molecule has 4 atom stereocenters. The van der Waals surface area contributed by atoms with Crippen LogP contribution in [0.15, 0.2) is 30.3 Å². The Morgan fingerprint density at radius 3 is 2.19 bits per heavy atom. The first kappa shape index (κ1) is 34.9. The van der Waals surface area contributed by atoms with E-state index in [4.69, 9.17) is 10.5 Å². The van der Waals surface area contributed by atoms with Gasteiger partial charge in [0.25, 0.3) is 5.91 Å². The first-order chi connectivity index (χ1) is 19.2. The summed E-state index contributed by atoms with van der Waals surface area (Å²) in [7, 11) is 0. The SMILES string of the molecule is CC(C)(C)NC(=O)[C@@H]1N(C(=O)[C@@H](O)[C@H](Cc2ccccc2)NC(=O)[C@H](CC(N)=O)NC(=O)OC(C)(C)C)CSC1(C)C. The standard InChI is InChI=1S/C29H45N5O7S/c1-27(2,3)33-24(38)22-29(7,8)42-16-34(22)25(39)21(36)18(14-17-12-10-9-11-13-17)31-23(37)19(15-20(30)35)32-26(40)41-28(4,5)6/h9-13,18-19,21-22,36H,14-16H2,1-8H3,(H2,30,35)(H,31,37)(H,32,40)(H,33,38)/t18-,19-,21-,22-/m0/s1. The molecule has 0 bridgehead atoms. The number of nitrogens with zero attached hydrogens (tertiary/aromatic N) is 1. The molecule has 1 aliphatic heterocycles. The van der Waals surface area contributed by atoms with Gasteiger partial charge in [0.05, 0.1) is 18.3 Å². The van der Waals surface area contributed by atoms with E-state index < -0.39 is 70.4 Å². The second-order valence-electron chi connectivity index (χ2n) is 12.9. The Hall–Kier alpha value is -3.32. The number of hydrogen-bond donors (Lipinski definition) is 5. The first-order valence-corrected chi connectivity index (χ1v) is 14.8. The molecule has 0 unspecified atom stereocenters. The summed E-state index contributed by atoms with van der Waals surface area (Å²) in [5, 5.41) is 19.3. The molecule has 42 heavy (non-hydrogen) atoms. The van der Waals surface area contributed by atoms with Gasteiger partial charge >= 0.3 is 6.09 Å². The van der Waals surface area contributed by atoms with E-state index in [0.717, 1.165) is 0 Å². The number of aliphatic hydroxyl groups excluding tert-OH is 1. The van der Waals surface area contributed by atoms with Gasteiger partial charge in [-0.1, -0.05) is 30.3 Å². The van der Waals surface area contributed by atoms with E-state index >= 15 is 0 Å². The second-order valence-corrected chi connectivity index (χ2v) is 14.5. The number of alkyl carbamates (subject to hydrolysis) is 1. The molecule has 0 spiro atoms. The molecule has 2 rings (SSSR count). The molecule has 1 aromatic carbocycles. The highest BCUT2D eigenvalue weighted by atomic mass is 32.2. The van der Waals surface area contributed by atoms with E-state index in [9.17, 15) is 29.1 Å². The van der Waals surface area contributed by atoms with Crippen molar-refractivity contribution in [3.05, 3.63) is 35.9 Å². The van der Waals surface area contributed by atoms with E-state index in [1.807, 2.05) is 34.6 Å². The Balaban J connectivity index is 2.36. The summed E-state index contributed by atoms with van der Waals surface area (Å²) in [5.74, 6) is -2.64. The zero-order chi connectivity index (χ0) is 32.0. The van der Waals surface area contributed by atoms with Crippen molar-refractivity contribution < 1.29 is 33.8 Å². The number of thioether (sulfide) groups is 1. The Labute approximate surface area is 251 Å². The molecule has 234 valence electrons. The van der Waals surface area contributed by atoms with E-state index in [1.54, 1.807) is 51.1 Å².